The highest BCUT2D eigenvalue weighted by molar-refractivity contribution is 6.35. The Kier molecular flexibility index (Phi) is 8.59. The number of hydrogen-bond donors (Lipinski definition) is 4. The van der Waals surface area contributed by atoms with E-state index in [1.54, 1.807) is 36.1 Å². The van der Waals surface area contributed by atoms with E-state index in [4.69, 9.17) is 26.2 Å². The second kappa shape index (κ2) is 12.5. The summed E-state index contributed by atoms with van der Waals surface area (Å²) < 4.78 is 12.8. The fraction of sp³-hybridized carbons (Fsp3) is 0.258. The summed E-state index contributed by atoms with van der Waals surface area (Å²) in [7, 11) is 1.59. The molecular formula is C31H31ClN8O4. The number of benzene rings is 2. The summed E-state index contributed by atoms with van der Waals surface area (Å²) >= 11 is 6.55. The Labute approximate surface area is 259 Å². The molecule has 5 rings (SSSR count). The Balaban J connectivity index is 1.32. The lowest BCUT2D eigenvalue weighted by molar-refractivity contribution is 0.251. The zero-order chi connectivity index (χ0) is 31.4. The van der Waals surface area contributed by atoms with Crippen LogP contribution in [0, 0.1) is 11.3 Å². The summed E-state index contributed by atoms with van der Waals surface area (Å²) in [4.78, 5) is 29.3. The molecule has 1 aliphatic rings. The minimum atomic E-state index is -0.589. The summed E-state index contributed by atoms with van der Waals surface area (Å²) in [6.45, 7) is 6.08. The number of pyridine rings is 1. The molecule has 0 bridgehead atoms. The van der Waals surface area contributed by atoms with Crippen LogP contribution in [0.2, 0.25) is 5.02 Å². The standard InChI is InChI=1S/C31H31ClN8O4/c1-31(2,3)25-16-27(40(39-25)19-7-9-20(43-4)10-8-19)38-30(42)36-23-11-12-24(22(17-33)28(23)32)44-21-13-14-34-26(15-21)37-29(41)35-18-5-6-18/h7-16,18H,5-6H2,1-4H3,(H2,36,38,42)(H2,34,35,37,41). The van der Waals surface area contributed by atoms with Crippen molar-refractivity contribution >= 4 is 41.0 Å². The number of nitrogens with one attached hydrogen (secondary N) is 4. The molecule has 12 nitrogen and oxygen atoms in total. The second-order valence-corrected chi connectivity index (χ2v) is 11.5. The Morgan fingerprint density at radius 2 is 1.75 bits per heavy atom. The van der Waals surface area contributed by atoms with Gasteiger partial charge in [0, 0.05) is 29.8 Å². The Morgan fingerprint density at radius 1 is 1.00 bits per heavy atom. The molecule has 4 amide bonds. The number of halogens is 1. The third-order valence-corrected chi connectivity index (χ3v) is 7.01. The van der Waals surface area contributed by atoms with E-state index in [0.29, 0.717) is 17.3 Å². The minimum absolute atomic E-state index is 0.00425. The molecule has 4 aromatic rings. The average Bonchev–Trinajstić information content (AvgIpc) is 3.69. The monoisotopic (exact) mass is 614 g/mol. The lowest BCUT2D eigenvalue weighted by atomic mass is 9.92. The predicted octanol–water partition coefficient (Wildman–Crippen LogP) is 6.82. The quantitative estimate of drug-likeness (QED) is 0.170. The molecule has 0 unspecified atom stereocenters. The number of amides is 4. The molecule has 1 saturated carbocycles. The highest BCUT2D eigenvalue weighted by atomic mass is 35.5. The third-order valence-electron chi connectivity index (χ3n) is 6.61. The molecule has 1 fully saturated rings. The van der Waals surface area contributed by atoms with Gasteiger partial charge in [-0.2, -0.15) is 10.4 Å². The molecule has 4 N–H and O–H groups in total. The van der Waals surface area contributed by atoms with Gasteiger partial charge in [0.15, 0.2) is 0 Å². The van der Waals surface area contributed by atoms with E-state index in [9.17, 15) is 14.9 Å². The van der Waals surface area contributed by atoms with Gasteiger partial charge in [0.25, 0.3) is 0 Å². The first-order chi connectivity index (χ1) is 21.0. The summed E-state index contributed by atoms with van der Waals surface area (Å²) in [6, 6.07) is 16.5. The molecule has 13 heteroatoms. The number of nitriles is 1. The number of aromatic nitrogens is 3. The van der Waals surface area contributed by atoms with Gasteiger partial charge < -0.3 is 20.1 Å². The van der Waals surface area contributed by atoms with E-state index >= 15 is 0 Å². The van der Waals surface area contributed by atoms with E-state index in [1.807, 2.05) is 39.0 Å². The van der Waals surface area contributed by atoms with Crippen LogP contribution in [-0.2, 0) is 5.41 Å². The number of urea groups is 2. The lowest BCUT2D eigenvalue weighted by Crippen LogP contribution is -2.30. The first-order valence-electron chi connectivity index (χ1n) is 13.8. The summed E-state index contributed by atoms with van der Waals surface area (Å²) in [5.74, 6) is 1.90. The number of ether oxygens (including phenoxy) is 2. The number of carbonyl (C=O) groups excluding carboxylic acids is 2. The van der Waals surface area contributed by atoms with Crippen LogP contribution < -0.4 is 30.7 Å². The van der Waals surface area contributed by atoms with Gasteiger partial charge in [-0.05, 0) is 55.3 Å². The second-order valence-electron chi connectivity index (χ2n) is 11.1. The van der Waals surface area contributed by atoms with Gasteiger partial charge in [-0.3, -0.25) is 10.6 Å². The fourth-order valence-corrected chi connectivity index (χ4v) is 4.35. The molecule has 0 radical (unpaired) electrons. The lowest BCUT2D eigenvalue weighted by Gasteiger charge is -2.14. The van der Waals surface area contributed by atoms with Crippen molar-refractivity contribution in [1.82, 2.24) is 20.1 Å². The molecule has 0 saturated heterocycles. The van der Waals surface area contributed by atoms with Crippen LogP contribution in [0.25, 0.3) is 5.69 Å². The first kappa shape index (κ1) is 30.2. The molecular weight excluding hydrogens is 584 g/mol. The highest BCUT2D eigenvalue weighted by Crippen LogP contribution is 2.36. The number of anilines is 3. The molecule has 0 atom stereocenters. The molecule has 2 aromatic heterocycles. The van der Waals surface area contributed by atoms with Crippen LogP contribution in [0.5, 0.6) is 17.2 Å². The van der Waals surface area contributed by atoms with Crippen LogP contribution in [-0.4, -0.2) is 40.0 Å². The SMILES string of the molecule is COc1ccc(-n2nc(C(C)(C)C)cc2NC(=O)Nc2ccc(Oc3ccnc(NC(=O)NC4CC4)c3)c(C#N)c2Cl)cc1. The highest BCUT2D eigenvalue weighted by Gasteiger charge is 2.24. The van der Waals surface area contributed by atoms with E-state index in [-0.39, 0.29) is 45.3 Å². The smallest absolute Gasteiger partial charge is 0.324 e. The number of carbonyl (C=O) groups is 2. The summed E-state index contributed by atoms with van der Waals surface area (Å²) in [5.41, 5.74) is 1.43. The topological polar surface area (TPSA) is 155 Å². The number of methoxy groups -OCH3 is 1. The van der Waals surface area contributed by atoms with E-state index in [2.05, 4.69) is 26.3 Å². The van der Waals surface area contributed by atoms with Gasteiger partial charge >= 0.3 is 12.1 Å². The van der Waals surface area contributed by atoms with Crippen LogP contribution >= 0.6 is 11.6 Å². The average molecular weight is 615 g/mol. The van der Waals surface area contributed by atoms with Crippen LogP contribution in [0.1, 0.15) is 44.9 Å². The van der Waals surface area contributed by atoms with Crippen LogP contribution in [0.3, 0.4) is 0 Å². The largest absolute Gasteiger partial charge is 0.497 e. The van der Waals surface area contributed by atoms with Gasteiger partial charge in [0.05, 0.1) is 29.2 Å². The maximum Gasteiger partial charge on any atom is 0.324 e. The first-order valence-corrected chi connectivity index (χ1v) is 14.2. The normalized spacial score (nSPS) is 12.5. The Morgan fingerprint density at radius 3 is 2.41 bits per heavy atom. The molecule has 226 valence electrons. The van der Waals surface area contributed by atoms with Crippen LogP contribution in [0.4, 0.5) is 26.9 Å². The van der Waals surface area contributed by atoms with Crippen molar-refractivity contribution in [3.8, 4) is 29.0 Å². The summed E-state index contributed by atoms with van der Waals surface area (Å²) in [6.07, 6.45) is 3.39. The van der Waals surface area contributed by atoms with Crippen molar-refractivity contribution in [2.45, 2.75) is 45.1 Å². The van der Waals surface area contributed by atoms with E-state index < -0.39 is 6.03 Å². The molecule has 44 heavy (non-hydrogen) atoms. The van der Waals surface area contributed by atoms with Gasteiger partial charge in [0.2, 0.25) is 0 Å². The predicted molar refractivity (Wildman–Crippen MR) is 167 cm³/mol. The maximum absolute atomic E-state index is 13.1. The van der Waals surface area contributed by atoms with E-state index in [1.165, 1.54) is 24.4 Å². The fourth-order valence-electron chi connectivity index (χ4n) is 4.11. The van der Waals surface area contributed by atoms with Gasteiger partial charge in [-0.1, -0.05) is 32.4 Å². The minimum Gasteiger partial charge on any atom is -0.497 e. The Hall–Kier alpha value is -5.28. The van der Waals surface area contributed by atoms with Crippen molar-refractivity contribution in [2.24, 2.45) is 0 Å². The molecule has 1 aliphatic carbocycles. The van der Waals surface area contributed by atoms with E-state index in [0.717, 1.165) is 24.2 Å². The zero-order valence-electron chi connectivity index (χ0n) is 24.6. The van der Waals surface area contributed by atoms with Crippen molar-refractivity contribution in [1.29, 1.82) is 5.26 Å². The molecule has 2 heterocycles. The van der Waals surface area contributed by atoms with Crippen molar-refractivity contribution in [3.05, 3.63) is 77.1 Å². The maximum atomic E-state index is 13.1. The van der Waals surface area contributed by atoms with Crippen molar-refractivity contribution < 1.29 is 19.1 Å². The molecule has 0 aliphatic heterocycles. The van der Waals surface area contributed by atoms with Gasteiger partial charge in [-0.25, -0.2) is 19.3 Å². The third kappa shape index (κ3) is 7.19. The number of hydrogen-bond acceptors (Lipinski definition) is 7. The summed E-state index contributed by atoms with van der Waals surface area (Å²) in [5, 5.41) is 25.6. The number of nitrogens with zero attached hydrogens (tertiary/aromatic N) is 4. The van der Waals surface area contributed by atoms with Crippen LogP contribution in [0.15, 0.2) is 60.8 Å². The van der Waals surface area contributed by atoms with Crippen molar-refractivity contribution in [3.63, 3.8) is 0 Å². The Bertz CT molecular complexity index is 1740. The zero-order valence-corrected chi connectivity index (χ0v) is 25.3. The number of rotatable bonds is 8. The van der Waals surface area contributed by atoms with Gasteiger partial charge in [-0.15, -0.1) is 0 Å². The molecule has 0 spiro atoms. The van der Waals surface area contributed by atoms with Gasteiger partial charge in [0.1, 0.15) is 40.5 Å². The van der Waals surface area contributed by atoms with Crippen molar-refractivity contribution in [2.75, 3.05) is 23.1 Å². The molecule has 2 aromatic carbocycles.